The van der Waals surface area contributed by atoms with Crippen molar-refractivity contribution in [1.82, 2.24) is 9.88 Å². The van der Waals surface area contributed by atoms with Crippen LogP contribution < -0.4 is 9.64 Å². The van der Waals surface area contributed by atoms with Crippen LogP contribution in [0.3, 0.4) is 0 Å². The second-order valence-electron chi connectivity index (χ2n) is 7.70. The van der Waals surface area contributed by atoms with Gasteiger partial charge in [-0.1, -0.05) is 42.3 Å². The molecule has 0 spiro atoms. The van der Waals surface area contributed by atoms with E-state index in [-0.39, 0.29) is 12.4 Å². The maximum Gasteiger partial charge on any atom is 0.148 e. The largest absolute Gasteiger partial charge is 0.481 e. The van der Waals surface area contributed by atoms with Gasteiger partial charge in [0.1, 0.15) is 24.3 Å². The van der Waals surface area contributed by atoms with Crippen LogP contribution in [0.25, 0.3) is 0 Å². The minimum Gasteiger partial charge on any atom is -0.481 e. The lowest BCUT2D eigenvalue weighted by molar-refractivity contribution is 0.213. The molecule has 3 aromatic rings. The second kappa shape index (κ2) is 10.3. The SMILES string of the molecule is C#CCOc1ccccc1CN1CCN(c2c(F)cccc2C(O)c2ccccn2)CC1. The maximum absolute atomic E-state index is 14.9. The third-order valence-corrected chi connectivity index (χ3v) is 5.65. The fourth-order valence-corrected chi connectivity index (χ4v) is 4.05. The van der Waals surface area contributed by atoms with Gasteiger partial charge in [0.2, 0.25) is 0 Å². The van der Waals surface area contributed by atoms with Crippen molar-refractivity contribution in [3.05, 3.63) is 89.5 Å². The highest BCUT2D eigenvalue weighted by Gasteiger charge is 2.26. The number of aliphatic hydroxyl groups excluding tert-OH is 1. The minimum atomic E-state index is -0.986. The molecule has 1 atom stereocenters. The Kier molecular flexibility index (Phi) is 7.00. The fraction of sp³-hybridized carbons (Fsp3) is 0.269. The van der Waals surface area contributed by atoms with E-state index < -0.39 is 6.10 Å². The van der Waals surface area contributed by atoms with Gasteiger partial charge in [0.25, 0.3) is 0 Å². The molecule has 1 fully saturated rings. The molecule has 1 N–H and O–H groups in total. The van der Waals surface area contributed by atoms with E-state index in [0.717, 1.165) is 30.9 Å². The van der Waals surface area contributed by atoms with E-state index in [2.05, 4.69) is 15.8 Å². The van der Waals surface area contributed by atoms with Crippen LogP contribution >= 0.6 is 0 Å². The Bertz CT molecular complexity index is 1080. The van der Waals surface area contributed by atoms with Gasteiger partial charge in [-0.25, -0.2) is 4.39 Å². The van der Waals surface area contributed by atoms with Gasteiger partial charge >= 0.3 is 0 Å². The van der Waals surface area contributed by atoms with E-state index in [1.807, 2.05) is 35.2 Å². The van der Waals surface area contributed by atoms with Crippen LogP contribution in [0.15, 0.2) is 66.9 Å². The van der Waals surface area contributed by atoms with Crippen molar-refractivity contribution in [2.24, 2.45) is 0 Å². The number of rotatable bonds is 7. The topological polar surface area (TPSA) is 48.8 Å². The van der Waals surface area contributed by atoms with Crippen molar-refractivity contribution in [2.75, 3.05) is 37.7 Å². The summed E-state index contributed by atoms with van der Waals surface area (Å²) in [6.07, 6.45) is 5.96. The quantitative estimate of drug-likeness (QED) is 0.579. The maximum atomic E-state index is 14.9. The number of nitrogens with zero attached hydrogens (tertiary/aromatic N) is 3. The van der Waals surface area contributed by atoms with E-state index >= 15 is 0 Å². The van der Waals surface area contributed by atoms with Crippen molar-refractivity contribution in [1.29, 1.82) is 0 Å². The Morgan fingerprint density at radius 3 is 2.56 bits per heavy atom. The number of anilines is 1. The summed E-state index contributed by atoms with van der Waals surface area (Å²) in [4.78, 5) is 8.55. The van der Waals surface area contributed by atoms with Crippen LogP contribution in [0.2, 0.25) is 0 Å². The Morgan fingerprint density at radius 1 is 1.03 bits per heavy atom. The average Bonchev–Trinajstić information content (AvgIpc) is 2.84. The van der Waals surface area contributed by atoms with Crippen LogP contribution in [0, 0.1) is 18.2 Å². The summed E-state index contributed by atoms with van der Waals surface area (Å²) in [5.74, 6) is 2.96. The average molecular weight is 432 g/mol. The third kappa shape index (κ3) is 4.91. The lowest BCUT2D eigenvalue weighted by atomic mass is 10.0. The van der Waals surface area contributed by atoms with Crippen molar-refractivity contribution in [3.8, 4) is 18.1 Å². The van der Waals surface area contributed by atoms with Gasteiger partial charge in [-0.2, -0.15) is 0 Å². The number of pyridine rings is 1. The number of halogens is 1. The first-order valence-electron chi connectivity index (χ1n) is 10.7. The molecule has 6 heteroatoms. The molecule has 0 aliphatic carbocycles. The zero-order valence-electron chi connectivity index (χ0n) is 17.8. The summed E-state index contributed by atoms with van der Waals surface area (Å²) >= 11 is 0. The van der Waals surface area contributed by atoms with Gasteiger partial charge in [-0.05, 0) is 24.3 Å². The zero-order chi connectivity index (χ0) is 22.3. The van der Waals surface area contributed by atoms with Gasteiger partial charge in [0.05, 0.1) is 11.4 Å². The van der Waals surface area contributed by atoms with Gasteiger partial charge in [0.15, 0.2) is 0 Å². The van der Waals surface area contributed by atoms with Gasteiger partial charge in [-0.15, -0.1) is 6.42 Å². The molecule has 2 aromatic carbocycles. The molecule has 1 aromatic heterocycles. The molecule has 1 aliphatic rings. The number of para-hydroxylation sites is 2. The van der Waals surface area contributed by atoms with E-state index in [0.29, 0.717) is 30.0 Å². The number of aliphatic hydroxyl groups is 1. The van der Waals surface area contributed by atoms with Crippen LogP contribution in [-0.2, 0) is 6.54 Å². The van der Waals surface area contributed by atoms with Crippen LogP contribution in [-0.4, -0.2) is 47.8 Å². The number of hydrogen-bond donors (Lipinski definition) is 1. The van der Waals surface area contributed by atoms with Crippen LogP contribution in [0.4, 0.5) is 10.1 Å². The third-order valence-electron chi connectivity index (χ3n) is 5.65. The first kappa shape index (κ1) is 21.8. The van der Waals surface area contributed by atoms with Crippen LogP contribution in [0.1, 0.15) is 22.9 Å². The lowest BCUT2D eigenvalue weighted by Crippen LogP contribution is -2.46. The number of aromatic nitrogens is 1. The number of hydrogen-bond acceptors (Lipinski definition) is 5. The standard InChI is InChI=1S/C26H26FN3O2/c1-2-18-32-24-12-4-3-8-20(24)19-29-14-16-30(17-15-29)25-21(9-7-10-22(25)27)26(31)23-11-5-6-13-28-23/h1,3-13,26,31H,14-19H2. The Balaban J connectivity index is 1.47. The minimum absolute atomic E-state index is 0.236. The summed E-state index contributed by atoms with van der Waals surface area (Å²) in [6, 6.07) is 18.1. The summed E-state index contributed by atoms with van der Waals surface area (Å²) in [7, 11) is 0. The zero-order valence-corrected chi connectivity index (χ0v) is 17.8. The van der Waals surface area contributed by atoms with Gasteiger partial charge < -0.3 is 14.7 Å². The van der Waals surface area contributed by atoms with E-state index in [1.54, 1.807) is 30.5 Å². The van der Waals surface area contributed by atoms with E-state index in [9.17, 15) is 9.50 Å². The molecule has 164 valence electrons. The van der Waals surface area contributed by atoms with Crippen LogP contribution in [0.5, 0.6) is 5.75 Å². The van der Waals surface area contributed by atoms with Crippen molar-refractivity contribution < 1.29 is 14.2 Å². The number of piperazine rings is 1. The van der Waals surface area contributed by atoms with Crippen molar-refractivity contribution in [3.63, 3.8) is 0 Å². The molecular formula is C26H26FN3O2. The molecule has 1 saturated heterocycles. The number of ether oxygens (including phenoxy) is 1. The number of terminal acetylenes is 1. The van der Waals surface area contributed by atoms with E-state index in [1.165, 1.54) is 6.07 Å². The predicted molar refractivity (Wildman–Crippen MR) is 123 cm³/mol. The highest BCUT2D eigenvalue weighted by Crippen LogP contribution is 2.33. The summed E-state index contributed by atoms with van der Waals surface area (Å²) < 4.78 is 20.6. The number of benzene rings is 2. The molecule has 0 bridgehead atoms. The molecular weight excluding hydrogens is 405 g/mol. The molecule has 32 heavy (non-hydrogen) atoms. The Morgan fingerprint density at radius 2 is 1.81 bits per heavy atom. The monoisotopic (exact) mass is 431 g/mol. The molecule has 0 amide bonds. The molecule has 5 nitrogen and oxygen atoms in total. The highest BCUT2D eigenvalue weighted by atomic mass is 19.1. The van der Waals surface area contributed by atoms with Crippen molar-refractivity contribution in [2.45, 2.75) is 12.6 Å². The van der Waals surface area contributed by atoms with Crippen molar-refractivity contribution >= 4 is 5.69 Å². The molecule has 4 rings (SSSR count). The molecule has 0 radical (unpaired) electrons. The summed E-state index contributed by atoms with van der Waals surface area (Å²) in [6.45, 7) is 3.79. The normalized spacial score (nSPS) is 15.2. The summed E-state index contributed by atoms with van der Waals surface area (Å²) in [5.41, 5.74) is 2.56. The highest BCUT2D eigenvalue weighted by molar-refractivity contribution is 5.57. The fourth-order valence-electron chi connectivity index (χ4n) is 4.05. The molecule has 2 heterocycles. The van der Waals surface area contributed by atoms with E-state index in [4.69, 9.17) is 11.2 Å². The molecule has 0 saturated carbocycles. The summed E-state index contributed by atoms with van der Waals surface area (Å²) in [5, 5.41) is 10.9. The second-order valence-corrected chi connectivity index (χ2v) is 7.70. The molecule has 1 unspecified atom stereocenters. The predicted octanol–water partition coefficient (Wildman–Crippen LogP) is 3.64. The first-order valence-corrected chi connectivity index (χ1v) is 10.7. The Labute approximate surface area is 188 Å². The Hall–Kier alpha value is -3.40. The van der Waals surface area contributed by atoms with Gasteiger partial charge in [0, 0.05) is 50.0 Å². The van der Waals surface area contributed by atoms with Gasteiger partial charge in [-0.3, -0.25) is 9.88 Å². The smallest absolute Gasteiger partial charge is 0.148 e. The first-order chi connectivity index (χ1) is 15.7. The molecule has 1 aliphatic heterocycles. The lowest BCUT2D eigenvalue weighted by Gasteiger charge is -2.37.